The molecule has 0 saturated carbocycles. The second kappa shape index (κ2) is 7.44. The Morgan fingerprint density at radius 1 is 1.20 bits per heavy atom. The van der Waals surface area contributed by atoms with Crippen LogP contribution in [-0.4, -0.2) is 5.91 Å². The highest BCUT2D eigenvalue weighted by atomic mass is 35.5. The summed E-state index contributed by atoms with van der Waals surface area (Å²) in [5.41, 5.74) is 9.07. The summed E-state index contributed by atoms with van der Waals surface area (Å²) < 4.78 is 13.1. The molecular weight excluding hydrogens is 339 g/mol. The van der Waals surface area contributed by atoms with Crippen LogP contribution in [0.3, 0.4) is 0 Å². The van der Waals surface area contributed by atoms with E-state index in [4.69, 9.17) is 5.73 Å². The van der Waals surface area contributed by atoms with Crippen molar-refractivity contribution in [2.45, 2.75) is 44.6 Å². The molecule has 0 saturated heterocycles. The van der Waals surface area contributed by atoms with Gasteiger partial charge in [-0.2, -0.15) is 0 Å². The van der Waals surface area contributed by atoms with E-state index >= 15 is 0 Å². The summed E-state index contributed by atoms with van der Waals surface area (Å²) in [7, 11) is 0. The minimum absolute atomic E-state index is 0. The normalized spacial score (nSPS) is 16.5. The average molecular weight is 363 g/mol. The topological polar surface area (TPSA) is 55.1 Å². The number of carbonyl (C=O) groups excluding carboxylic acids is 1. The summed E-state index contributed by atoms with van der Waals surface area (Å²) in [5.74, 6) is -0.350. The summed E-state index contributed by atoms with van der Waals surface area (Å²) in [6, 6.07) is 12.0. The van der Waals surface area contributed by atoms with Gasteiger partial charge in [0.2, 0.25) is 5.91 Å². The quantitative estimate of drug-likeness (QED) is 0.800. The molecule has 0 radical (unpaired) electrons. The predicted molar refractivity (Wildman–Crippen MR) is 101 cm³/mol. The molecule has 5 heteroatoms. The van der Waals surface area contributed by atoms with Crippen LogP contribution in [0.5, 0.6) is 0 Å². The van der Waals surface area contributed by atoms with Crippen LogP contribution >= 0.6 is 12.4 Å². The van der Waals surface area contributed by atoms with Crippen molar-refractivity contribution in [2.24, 2.45) is 0 Å². The first-order valence-corrected chi connectivity index (χ1v) is 8.33. The Balaban J connectivity index is 0.00000225. The molecule has 0 spiro atoms. The number of anilines is 1. The molecule has 1 aliphatic carbocycles. The number of nitrogen functional groups attached to an aromatic ring is 1. The van der Waals surface area contributed by atoms with Gasteiger partial charge in [-0.15, -0.1) is 12.4 Å². The van der Waals surface area contributed by atoms with Crippen molar-refractivity contribution >= 4 is 24.0 Å². The molecule has 1 unspecified atom stereocenters. The van der Waals surface area contributed by atoms with Crippen LogP contribution in [0.25, 0.3) is 0 Å². The van der Waals surface area contributed by atoms with E-state index in [2.05, 4.69) is 5.32 Å². The van der Waals surface area contributed by atoms with Crippen LogP contribution < -0.4 is 11.1 Å². The molecule has 2 aromatic rings. The Morgan fingerprint density at radius 2 is 1.88 bits per heavy atom. The minimum Gasteiger partial charge on any atom is -0.399 e. The summed E-state index contributed by atoms with van der Waals surface area (Å²) >= 11 is 0. The van der Waals surface area contributed by atoms with Crippen LogP contribution in [0, 0.1) is 5.82 Å². The third-order valence-corrected chi connectivity index (χ3v) is 4.92. The van der Waals surface area contributed by atoms with Gasteiger partial charge in [0, 0.05) is 5.69 Å². The van der Waals surface area contributed by atoms with Crippen molar-refractivity contribution in [1.82, 2.24) is 5.32 Å². The molecule has 25 heavy (non-hydrogen) atoms. The van der Waals surface area contributed by atoms with Crippen molar-refractivity contribution in [3.05, 3.63) is 65.0 Å². The van der Waals surface area contributed by atoms with Crippen LogP contribution in [-0.2, 0) is 16.6 Å². The van der Waals surface area contributed by atoms with Crippen LogP contribution in [0.15, 0.2) is 42.5 Å². The molecule has 1 amide bonds. The van der Waals surface area contributed by atoms with Gasteiger partial charge in [0.05, 0.1) is 11.5 Å². The monoisotopic (exact) mass is 362 g/mol. The molecule has 0 aliphatic heterocycles. The molecule has 0 heterocycles. The van der Waals surface area contributed by atoms with E-state index in [1.54, 1.807) is 12.1 Å². The van der Waals surface area contributed by atoms with Crippen LogP contribution in [0.4, 0.5) is 10.1 Å². The number of halogens is 2. The van der Waals surface area contributed by atoms with Crippen molar-refractivity contribution in [3.8, 4) is 0 Å². The van der Waals surface area contributed by atoms with E-state index in [0.29, 0.717) is 0 Å². The molecule has 2 aromatic carbocycles. The number of amides is 1. The van der Waals surface area contributed by atoms with Crippen molar-refractivity contribution < 1.29 is 9.18 Å². The van der Waals surface area contributed by atoms with Gasteiger partial charge >= 0.3 is 0 Å². The average Bonchev–Trinajstić information content (AvgIpc) is 2.55. The van der Waals surface area contributed by atoms with Gasteiger partial charge in [0.25, 0.3) is 0 Å². The Morgan fingerprint density at radius 3 is 2.56 bits per heavy atom. The first-order valence-electron chi connectivity index (χ1n) is 8.33. The molecule has 0 fully saturated rings. The van der Waals surface area contributed by atoms with Crippen LogP contribution in [0.1, 0.15) is 49.4 Å². The Kier molecular flexibility index (Phi) is 5.73. The van der Waals surface area contributed by atoms with Gasteiger partial charge < -0.3 is 11.1 Å². The van der Waals surface area contributed by atoms with Gasteiger partial charge in [-0.3, -0.25) is 4.79 Å². The fourth-order valence-electron chi connectivity index (χ4n) is 3.32. The molecule has 1 atom stereocenters. The number of nitrogens with one attached hydrogen (secondary N) is 1. The summed E-state index contributed by atoms with van der Waals surface area (Å²) in [5, 5.41) is 3.17. The van der Waals surface area contributed by atoms with E-state index in [9.17, 15) is 9.18 Å². The second-order valence-corrected chi connectivity index (χ2v) is 7.01. The summed E-state index contributed by atoms with van der Waals surface area (Å²) in [6.45, 7) is 3.73. The SMILES string of the molecule is CC(C)(C(=O)NC1CCCc2cc(N)ccc21)c1ccc(F)cc1.Cl. The number of nitrogens with two attached hydrogens (primary N) is 1. The lowest BCUT2D eigenvalue weighted by Crippen LogP contribution is -2.42. The van der Waals surface area contributed by atoms with E-state index in [1.165, 1.54) is 17.7 Å². The molecule has 3 nitrogen and oxygen atoms in total. The summed E-state index contributed by atoms with van der Waals surface area (Å²) in [4.78, 5) is 12.9. The summed E-state index contributed by atoms with van der Waals surface area (Å²) in [6.07, 6.45) is 2.94. The van der Waals surface area contributed by atoms with Gasteiger partial charge in [0.1, 0.15) is 5.82 Å². The first-order chi connectivity index (χ1) is 11.4. The highest BCUT2D eigenvalue weighted by molar-refractivity contribution is 5.87. The van der Waals surface area contributed by atoms with Gasteiger partial charge in [0.15, 0.2) is 0 Å². The maximum absolute atomic E-state index is 13.1. The standard InChI is InChI=1S/C20H23FN2O.ClH/c1-20(2,14-6-8-15(21)9-7-14)19(24)23-18-5-3-4-13-12-16(22)10-11-17(13)18;/h6-12,18H,3-5,22H2,1-2H3,(H,23,24);1H. The highest BCUT2D eigenvalue weighted by Gasteiger charge is 2.32. The van der Waals surface area contributed by atoms with Gasteiger partial charge in [-0.05, 0) is 74.1 Å². The molecule has 3 rings (SSSR count). The molecule has 1 aliphatic rings. The molecule has 0 bridgehead atoms. The second-order valence-electron chi connectivity index (χ2n) is 7.01. The third-order valence-electron chi connectivity index (χ3n) is 4.92. The zero-order valence-corrected chi connectivity index (χ0v) is 15.3. The maximum atomic E-state index is 13.1. The predicted octanol–water partition coefficient (Wildman–Crippen LogP) is 4.30. The van der Waals surface area contributed by atoms with Gasteiger partial charge in [-0.25, -0.2) is 4.39 Å². The smallest absolute Gasteiger partial charge is 0.230 e. The van der Waals surface area contributed by atoms with E-state index in [1.807, 2.05) is 32.0 Å². The molecule has 3 N–H and O–H groups in total. The number of rotatable bonds is 3. The third kappa shape index (κ3) is 3.96. The Hall–Kier alpha value is -2.07. The number of carbonyl (C=O) groups is 1. The largest absolute Gasteiger partial charge is 0.399 e. The maximum Gasteiger partial charge on any atom is 0.230 e. The lowest BCUT2D eigenvalue weighted by atomic mass is 9.82. The van der Waals surface area contributed by atoms with E-state index < -0.39 is 5.41 Å². The number of hydrogen-bond acceptors (Lipinski definition) is 2. The lowest BCUT2D eigenvalue weighted by Gasteiger charge is -2.31. The minimum atomic E-state index is -0.723. The number of benzene rings is 2. The number of hydrogen-bond donors (Lipinski definition) is 2. The van der Waals surface area contributed by atoms with E-state index in [-0.39, 0.29) is 30.2 Å². The lowest BCUT2D eigenvalue weighted by molar-refractivity contribution is -0.126. The molecule has 134 valence electrons. The molecule has 0 aromatic heterocycles. The van der Waals surface area contributed by atoms with E-state index in [0.717, 1.165) is 36.1 Å². The van der Waals surface area contributed by atoms with Crippen molar-refractivity contribution in [1.29, 1.82) is 0 Å². The molecular formula is C20H24ClFN2O. The first kappa shape index (κ1) is 19.3. The number of aryl methyl sites for hydroxylation is 1. The van der Waals surface area contributed by atoms with Gasteiger partial charge in [-0.1, -0.05) is 18.2 Å². The highest BCUT2D eigenvalue weighted by Crippen LogP contribution is 2.32. The zero-order chi connectivity index (χ0) is 17.3. The Bertz CT molecular complexity index is 759. The van der Waals surface area contributed by atoms with Crippen LogP contribution in [0.2, 0.25) is 0 Å². The Labute approximate surface area is 154 Å². The number of fused-ring (bicyclic) bond motifs is 1. The van der Waals surface area contributed by atoms with Crippen molar-refractivity contribution in [2.75, 3.05) is 5.73 Å². The van der Waals surface area contributed by atoms with Crippen molar-refractivity contribution in [3.63, 3.8) is 0 Å². The zero-order valence-electron chi connectivity index (χ0n) is 14.5. The fraction of sp³-hybridized carbons (Fsp3) is 0.350. The fourth-order valence-corrected chi connectivity index (χ4v) is 3.32.